The molecule has 8 nitrogen and oxygen atoms in total. The molecular weight excluding hydrogens is 236 g/mol. The molecule has 97 valence electrons. The summed E-state index contributed by atoms with van der Waals surface area (Å²) >= 11 is 0. The van der Waals surface area contributed by atoms with Gasteiger partial charge in [0.05, 0.1) is 0 Å². The summed E-state index contributed by atoms with van der Waals surface area (Å²) in [5.74, 6) is -0.694. The van der Waals surface area contributed by atoms with Crippen molar-refractivity contribution >= 4 is 12.1 Å². The molecule has 0 saturated carbocycles. The number of rotatable bonds is 7. The first-order valence-electron chi connectivity index (χ1n) is 4.62. The van der Waals surface area contributed by atoms with Crippen LogP contribution in [0.5, 0.6) is 0 Å². The van der Waals surface area contributed by atoms with Crippen molar-refractivity contribution in [2.24, 2.45) is 0 Å². The Kier molecular flexibility index (Phi) is 7.68. The van der Waals surface area contributed by atoms with Crippen LogP contribution >= 0.6 is 0 Å². The Morgan fingerprint density at radius 1 is 1.35 bits per heavy atom. The first-order chi connectivity index (χ1) is 8.01. The van der Waals surface area contributed by atoms with Crippen LogP contribution in [0.1, 0.15) is 13.8 Å². The number of esters is 1. The van der Waals surface area contributed by atoms with E-state index < -0.39 is 25.0 Å². The summed E-state index contributed by atoms with van der Waals surface area (Å²) in [6, 6.07) is 0. The van der Waals surface area contributed by atoms with Gasteiger partial charge in [0.1, 0.15) is 0 Å². The molecule has 1 radical (unpaired) electrons. The fourth-order valence-corrected chi connectivity index (χ4v) is 0.710. The predicted molar refractivity (Wildman–Crippen MR) is 50.5 cm³/mol. The minimum atomic E-state index is -1.36. The van der Waals surface area contributed by atoms with Gasteiger partial charge in [-0.25, -0.2) is 14.5 Å². The highest BCUT2D eigenvalue weighted by molar-refractivity contribution is 5.87. The van der Waals surface area contributed by atoms with Crippen molar-refractivity contribution in [2.45, 2.75) is 20.1 Å². The molecule has 1 atom stereocenters. The van der Waals surface area contributed by atoms with Gasteiger partial charge in [0.25, 0.3) is 0 Å². The molecule has 0 fully saturated rings. The lowest BCUT2D eigenvalue weighted by Crippen LogP contribution is -2.28. The van der Waals surface area contributed by atoms with Crippen molar-refractivity contribution in [2.75, 3.05) is 13.2 Å². The third kappa shape index (κ3) is 7.28. The SMILES string of the molecule is C=C(C)C(=O)OC(COC(=O)OO[O])OCC. The number of hydrogen-bond acceptors (Lipinski definition) is 7. The second-order valence-corrected chi connectivity index (χ2v) is 2.78. The van der Waals surface area contributed by atoms with Crippen LogP contribution in [-0.2, 0) is 34.2 Å². The summed E-state index contributed by atoms with van der Waals surface area (Å²) in [5.41, 5.74) is 0.167. The van der Waals surface area contributed by atoms with E-state index in [1.807, 2.05) is 0 Å². The second-order valence-electron chi connectivity index (χ2n) is 2.78. The van der Waals surface area contributed by atoms with Crippen LogP contribution in [0.25, 0.3) is 0 Å². The van der Waals surface area contributed by atoms with Gasteiger partial charge in [-0.1, -0.05) is 6.58 Å². The van der Waals surface area contributed by atoms with Crippen molar-refractivity contribution in [3.05, 3.63) is 12.2 Å². The van der Waals surface area contributed by atoms with E-state index in [-0.39, 0.29) is 12.2 Å². The highest BCUT2D eigenvalue weighted by Crippen LogP contribution is 2.02. The monoisotopic (exact) mass is 249 g/mol. The molecule has 0 amide bonds. The molecule has 0 spiro atoms. The molecule has 0 aliphatic heterocycles. The van der Waals surface area contributed by atoms with Crippen molar-refractivity contribution in [1.29, 1.82) is 0 Å². The van der Waals surface area contributed by atoms with E-state index in [0.717, 1.165) is 0 Å². The maximum absolute atomic E-state index is 11.2. The van der Waals surface area contributed by atoms with Gasteiger partial charge in [-0.3, -0.25) is 0 Å². The Morgan fingerprint density at radius 2 is 2.00 bits per heavy atom. The molecule has 0 aromatic rings. The van der Waals surface area contributed by atoms with Crippen molar-refractivity contribution in [1.82, 2.24) is 0 Å². The first-order valence-corrected chi connectivity index (χ1v) is 4.62. The van der Waals surface area contributed by atoms with Gasteiger partial charge in [-0.15, -0.1) is 0 Å². The Bertz CT molecular complexity index is 274. The smallest absolute Gasteiger partial charge is 0.429 e. The third-order valence-corrected chi connectivity index (χ3v) is 1.38. The summed E-state index contributed by atoms with van der Waals surface area (Å²) in [6.45, 7) is 6.26. The lowest BCUT2D eigenvalue weighted by molar-refractivity contribution is -0.501. The molecule has 1 unspecified atom stereocenters. The Labute approximate surface area is 97.5 Å². The number of carbonyl (C=O) groups is 2. The third-order valence-electron chi connectivity index (χ3n) is 1.38. The van der Waals surface area contributed by atoms with Crippen molar-refractivity contribution < 1.29 is 39.0 Å². The fourth-order valence-electron chi connectivity index (χ4n) is 0.710. The maximum atomic E-state index is 11.2. The van der Waals surface area contributed by atoms with Gasteiger partial charge < -0.3 is 14.2 Å². The van der Waals surface area contributed by atoms with Crippen LogP contribution < -0.4 is 0 Å². The average Bonchev–Trinajstić information content (AvgIpc) is 2.26. The normalized spacial score (nSPS) is 11.5. The van der Waals surface area contributed by atoms with Crippen LogP contribution in [0.15, 0.2) is 12.2 Å². The van der Waals surface area contributed by atoms with Crippen LogP contribution in [0.4, 0.5) is 4.79 Å². The van der Waals surface area contributed by atoms with Crippen LogP contribution in [-0.4, -0.2) is 31.6 Å². The topological polar surface area (TPSA) is 100 Å². The Hall–Kier alpha value is -1.64. The van der Waals surface area contributed by atoms with Gasteiger partial charge in [0, 0.05) is 22.5 Å². The first kappa shape index (κ1) is 15.4. The summed E-state index contributed by atoms with van der Waals surface area (Å²) in [5, 5.41) is 12.3. The van der Waals surface area contributed by atoms with E-state index in [1.54, 1.807) is 6.92 Å². The summed E-state index contributed by atoms with van der Waals surface area (Å²) in [4.78, 5) is 25.2. The van der Waals surface area contributed by atoms with E-state index >= 15 is 0 Å². The molecule has 17 heavy (non-hydrogen) atoms. The molecule has 0 saturated heterocycles. The fraction of sp³-hybridized carbons (Fsp3) is 0.556. The molecule has 0 heterocycles. The summed E-state index contributed by atoms with van der Waals surface area (Å²) < 4.78 is 14.1. The maximum Gasteiger partial charge on any atom is 0.542 e. The predicted octanol–water partition coefficient (Wildman–Crippen LogP) is 0.899. The molecule has 0 aliphatic rings. The summed E-state index contributed by atoms with van der Waals surface area (Å²) in [6.07, 6.45) is -2.47. The van der Waals surface area contributed by atoms with Crippen LogP contribution in [0, 0.1) is 0 Å². The average molecular weight is 249 g/mol. The van der Waals surface area contributed by atoms with E-state index in [2.05, 4.69) is 21.2 Å². The second kappa shape index (κ2) is 8.50. The number of ether oxygens (including phenoxy) is 3. The Morgan fingerprint density at radius 3 is 2.47 bits per heavy atom. The van der Waals surface area contributed by atoms with Gasteiger partial charge in [0.2, 0.25) is 6.29 Å². The largest absolute Gasteiger partial charge is 0.542 e. The van der Waals surface area contributed by atoms with Gasteiger partial charge in [0.15, 0.2) is 6.61 Å². The number of carbonyl (C=O) groups excluding carboxylic acids is 2. The van der Waals surface area contributed by atoms with Crippen LogP contribution in [0.2, 0.25) is 0 Å². The molecule has 8 heteroatoms. The molecule has 0 bridgehead atoms. The minimum Gasteiger partial charge on any atom is -0.429 e. The quantitative estimate of drug-likeness (QED) is 0.217. The van der Waals surface area contributed by atoms with E-state index in [4.69, 9.17) is 9.47 Å². The number of hydrogen-bond donors (Lipinski definition) is 0. The molecule has 0 N–H and O–H groups in total. The van der Waals surface area contributed by atoms with Gasteiger partial charge in [-0.2, -0.15) is 0 Å². The highest BCUT2D eigenvalue weighted by Gasteiger charge is 2.18. The van der Waals surface area contributed by atoms with Gasteiger partial charge >= 0.3 is 12.1 Å². The minimum absolute atomic E-state index is 0.167. The molecule has 0 rings (SSSR count). The zero-order valence-electron chi connectivity index (χ0n) is 9.46. The van der Waals surface area contributed by atoms with E-state index in [0.29, 0.717) is 0 Å². The standard InChI is InChI=1S/C9H13O8/c1-4-13-7(15-8(10)6(2)3)5-14-9(11)16-17-12/h7H,2,4-5H2,1,3H3. The van der Waals surface area contributed by atoms with Crippen molar-refractivity contribution in [3.8, 4) is 0 Å². The Balaban J connectivity index is 4.10. The molecule has 0 aromatic carbocycles. The summed E-state index contributed by atoms with van der Waals surface area (Å²) in [7, 11) is 0. The zero-order valence-corrected chi connectivity index (χ0v) is 9.46. The molecule has 0 aromatic heterocycles. The zero-order chi connectivity index (χ0) is 13.3. The highest BCUT2D eigenvalue weighted by atomic mass is 17.5. The lowest BCUT2D eigenvalue weighted by atomic mass is 10.4. The molecular formula is C9H13O8. The lowest BCUT2D eigenvalue weighted by Gasteiger charge is -2.16. The van der Waals surface area contributed by atoms with Crippen molar-refractivity contribution in [3.63, 3.8) is 0 Å². The van der Waals surface area contributed by atoms with E-state index in [9.17, 15) is 14.8 Å². The van der Waals surface area contributed by atoms with Gasteiger partial charge in [-0.05, 0) is 13.8 Å². The van der Waals surface area contributed by atoms with Crippen LogP contribution in [0.3, 0.4) is 0 Å². The molecule has 0 aliphatic carbocycles. The van der Waals surface area contributed by atoms with E-state index in [1.165, 1.54) is 6.92 Å².